The van der Waals surface area contributed by atoms with E-state index in [1.807, 2.05) is 18.2 Å². The predicted octanol–water partition coefficient (Wildman–Crippen LogP) is 3.89. The Morgan fingerprint density at radius 2 is 1.86 bits per heavy atom. The largest absolute Gasteiger partial charge is 0.454 e. The number of hydrogen-bond donors (Lipinski definition) is 0. The van der Waals surface area contributed by atoms with Crippen molar-refractivity contribution >= 4 is 0 Å². The van der Waals surface area contributed by atoms with Gasteiger partial charge in [0.25, 0.3) is 0 Å². The Hall–Kier alpha value is -2.07. The van der Waals surface area contributed by atoms with E-state index in [0.717, 1.165) is 36.6 Å². The van der Waals surface area contributed by atoms with Crippen LogP contribution in [0.4, 0.5) is 4.39 Å². The van der Waals surface area contributed by atoms with E-state index in [4.69, 9.17) is 9.47 Å². The Balaban J connectivity index is 1.54. The molecule has 1 fully saturated rings. The first kappa shape index (κ1) is 13.6. The molecule has 3 nitrogen and oxygen atoms in total. The molecule has 0 N–H and O–H groups in total. The molecule has 1 atom stereocenters. The first-order valence-corrected chi connectivity index (χ1v) is 7.68. The number of likely N-dealkylation sites (tertiary alicyclic amines) is 1. The molecule has 0 saturated carbocycles. The quantitative estimate of drug-likeness (QED) is 0.858. The Morgan fingerprint density at radius 3 is 2.73 bits per heavy atom. The van der Waals surface area contributed by atoms with Gasteiger partial charge in [-0.15, -0.1) is 0 Å². The van der Waals surface area contributed by atoms with Gasteiger partial charge in [0.05, 0.1) is 0 Å². The molecular weight excluding hydrogens is 281 g/mol. The summed E-state index contributed by atoms with van der Waals surface area (Å²) in [5, 5.41) is 0. The van der Waals surface area contributed by atoms with Gasteiger partial charge < -0.3 is 9.47 Å². The molecule has 0 spiro atoms. The Bertz CT molecular complexity index is 671. The molecule has 4 rings (SSSR count). The molecule has 1 unspecified atom stereocenters. The second kappa shape index (κ2) is 5.61. The molecule has 0 bridgehead atoms. The second-order valence-electron chi connectivity index (χ2n) is 5.87. The lowest BCUT2D eigenvalue weighted by Crippen LogP contribution is -2.22. The van der Waals surface area contributed by atoms with E-state index in [2.05, 4.69) is 17.0 Å². The van der Waals surface area contributed by atoms with Crippen molar-refractivity contribution in [3.05, 3.63) is 59.4 Å². The summed E-state index contributed by atoms with van der Waals surface area (Å²) in [7, 11) is 0. The number of rotatable bonds is 3. The number of nitrogens with zero attached hydrogens (tertiary/aromatic N) is 1. The van der Waals surface area contributed by atoms with E-state index in [1.165, 1.54) is 24.1 Å². The van der Waals surface area contributed by atoms with Gasteiger partial charge in [-0.05, 0) is 54.8 Å². The first-order chi connectivity index (χ1) is 10.8. The maximum atomic E-state index is 13.0. The Morgan fingerprint density at radius 1 is 1.05 bits per heavy atom. The minimum atomic E-state index is -0.183. The van der Waals surface area contributed by atoms with Gasteiger partial charge in [0.15, 0.2) is 11.5 Å². The highest BCUT2D eigenvalue weighted by atomic mass is 19.1. The third kappa shape index (κ3) is 2.55. The molecule has 2 heterocycles. The average molecular weight is 299 g/mol. The van der Waals surface area contributed by atoms with Gasteiger partial charge in [-0.3, -0.25) is 4.90 Å². The van der Waals surface area contributed by atoms with Gasteiger partial charge >= 0.3 is 0 Å². The van der Waals surface area contributed by atoms with Crippen LogP contribution in [-0.2, 0) is 6.54 Å². The smallest absolute Gasteiger partial charge is 0.231 e. The Kier molecular flexibility index (Phi) is 3.47. The van der Waals surface area contributed by atoms with E-state index in [9.17, 15) is 4.39 Å². The van der Waals surface area contributed by atoms with Crippen molar-refractivity contribution in [1.82, 2.24) is 4.90 Å². The maximum Gasteiger partial charge on any atom is 0.231 e. The van der Waals surface area contributed by atoms with Crippen molar-refractivity contribution in [2.24, 2.45) is 0 Å². The summed E-state index contributed by atoms with van der Waals surface area (Å²) in [6.07, 6.45) is 2.32. The SMILES string of the molecule is Fc1ccc(CN2CCCC2c2ccc3c(c2)OCO3)cc1. The van der Waals surface area contributed by atoms with Crippen molar-refractivity contribution in [3.63, 3.8) is 0 Å². The fourth-order valence-electron chi connectivity index (χ4n) is 3.34. The highest BCUT2D eigenvalue weighted by molar-refractivity contribution is 5.45. The highest BCUT2D eigenvalue weighted by Gasteiger charge is 2.27. The monoisotopic (exact) mass is 299 g/mol. The van der Waals surface area contributed by atoms with Crippen LogP contribution in [-0.4, -0.2) is 18.2 Å². The molecule has 22 heavy (non-hydrogen) atoms. The fourth-order valence-corrected chi connectivity index (χ4v) is 3.34. The van der Waals surface area contributed by atoms with E-state index in [0.29, 0.717) is 12.8 Å². The van der Waals surface area contributed by atoms with Crippen LogP contribution in [0.15, 0.2) is 42.5 Å². The van der Waals surface area contributed by atoms with Gasteiger partial charge in [0.2, 0.25) is 6.79 Å². The summed E-state index contributed by atoms with van der Waals surface area (Å²) in [4.78, 5) is 2.45. The third-order valence-electron chi connectivity index (χ3n) is 4.44. The lowest BCUT2D eigenvalue weighted by Gasteiger charge is -2.25. The number of hydrogen-bond acceptors (Lipinski definition) is 3. The van der Waals surface area contributed by atoms with Crippen molar-refractivity contribution in [2.75, 3.05) is 13.3 Å². The first-order valence-electron chi connectivity index (χ1n) is 7.68. The maximum absolute atomic E-state index is 13.0. The standard InChI is InChI=1S/C18H18FNO2/c19-15-6-3-13(4-7-15)11-20-9-1-2-16(20)14-5-8-17-18(10-14)22-12-21-17/h3-8,10,16H,1-2,9,11-12H2. The van der Waals surface area contributed by atoms with Crippen LogP contribution in [0, 0.1) is 5.82 Å². The van der Waals surface area contributed by atoms with Gasteiger partial charge in [-0.1, -0.05) is 18.2 Å². The molecule has 2 aromatic rings. The molecule has 0 aromatic heterocycles. The summed E-state index contributed by atoms with van der Waals surface area (Å²) in [6.45, 7) is 2.22. The lowest BCUT2D eigenvalue weighted by atomic mass is 10.0. The van der Waals surface area contributed by atoms with Crippen molar-refractivity contribution in [2.45, 2.75) is 25.4 Å². The van der Waals surface area contributed by atoms with E-state index in [-0.39, 0.29) is 5.82 Å². The molecule has 0 aliphatic carbocycles. The number of benzene rings is 2. The topological polar surface area (TPSA) is 21.7 Å². The molecular formula is C18H18FNO2. The van der Waals surface area contributed by atoms with Gasteiger partial charge in [-0.25, -0.2) is 4.39 Å². The summed E-state index contributed by atoms with van der Waals surface area (Å²) >= 11 is 0. The summed E-state index contributed by atoms with van der Waals surface area (Å²) in [6, 6.07) is 13.4. The zero-order chi connectivity index (χ0) is 14.9. The Labute approximate surface area is 129 Å². The molecule has 4 heteroatoms. The van der Waals surface area contributed by atoms with Crippen LogP contribution >= 0.6 is 0 Å². The van der Waals surface area contributed by atoms with Crippen molar-refractivity contribution < 1.29 is 13.9 Å². The van der Waals surface area contributed by atoms with Gasteiger partial charge in [-0.2, -0.15) is 0 Å². The predicted molar refractivity (Wildman–Crippen MR) is 81.4 cm³/mol. The zero-order valence-electron chi connectivity index (χ0n) is 12.3. The summed E-state index contributed by atoms with van der Waals surface area (Å²) in [5.74, 6) is 1.48. The van der Waals surface area contributed by atoms with Crippen molar-refractivity contribution in [1.29, 1.82) is 0 Å². The summed E-state index contributed by atoms with van der Waals surface area (Å²) < 4.78 is 23.9. The van der Waals surface area contributed by atoms with Crippen LogP contribution in [0.2, 0.25) is 0 Å². The van der Waals surface area contributed by atoms with Crippen LogP contribution in [0.25, 0.3) is 0 Å². The molecule has 1 saturated heterocycles. The molecule has 2 aromatic carbocycles. The molecule has 2 aliphatic heterocycles. The van der Waals surface area contributed by atoms with E-state index >= 15 is 0 Å². The van der Waals surface area contributed by atoms with Gasteiger partial charge in [0, 0.05) is 12.6 Å². The minimum absolute atomic E-state index is 0.183. The normalized spacial score (nSPS) is 20.5. The minimum Gasteiger partial charge on any atom is -0.454 e. The van der Waals surface area contributed by atoms with E-state index in [1.54, 1.807) is 0 Å². The third-order valence-corrected chi connectivity index (χ3v) is 4.44. The second-order valence-corrected chi connectivity index (χ2v) is 5.87. The zero-order valence-corrected chi connectivity index (χ0v) is 12.3. The fraction of sp³-hybridized carbons (Fsp3) is 0.333. The number of fused-ring (bicyclic) bond motifs is 1. The van der Waals surface area contributed by atoms with Crippen LogP contribution in [0.3, 0.4) is 0 Å². The lowest BCUT2D eigenvalue weighted by molar-refractivity contribution is 0.174. The van der Waals surface area contributed by atoms with Crippen molar-refractivity contribution in [3.8, 4) is 11.5 Å². The average Bonchev–Trinajstić information content (AvgIpc) is 3.17. The van der Waals surface area contributed by atoms with Gasteiger partial charge in [0.1, 0.15) is 5.82 Å². The molecule has 0 amide bonds. The molecule has 2 aliphatic rings. The van der Waals surface area contributed by atoms with Crippen LogP contribution < -0.4 is 9.47 Å². The number of halogens is 1. The highest BCUT2D eigenvalue weighted by Crippen LogP contribution is 2.39. The summed E-state index contributed by atoms with van der Waals surface area (Å²) in [5.41, 5.74) is 2.41. The van der Waals surface area contributed by atoms with E-state index < -0.39 is 0 Å². The molecule has 0 radical (unpaired) electrons. The molecule has 114 valence electrons. The van der Waals surface area contributed by atoms with Crippen LogP contribution in [0.5, 0.6) is 11.5 Å². The van der Waals surface area contributed by atoms with Crippen LogP contribution in [0.1, 0.15) is 30.0 Å². The number of ether oxygens (including phenoxy) is 2.